The molecule has 0 unspecified atom stereocenters. The Labute approximate surface area is 152 Å². The van der Waals surface area contributed by atoms with Crippen LogP contribution >= 0.6 is 11.6 Å². The SMILES string of the molecule is CC(C)(C)OC(=O)N1CCN(CCOc2nnc(Cl)cc2C#N)CC1. The van der Waals surface area contributed by atoms with Crippen molar-refractivity contribution in [2.24, 2.45) is 0 Å². The third-order valence-corrected chi connectivity index (χ3v) is 3.71. The fourth-order valence-corrected chi connectivity index (χ4v) is 2.44. The molecule has 0 N–H and O–H groups in total. The molecule has 0 saturated carbocycles. The van der Waals surface area contributed by atoms with Crippen molar-refractivity contribution in [3.63, 3.8) is 0 Å². The third kappa shape index (κ3) is 6.03. The number of piperazine rings is 1. The maximum atomic E-state index is 12.0. The van der Waals surface area contributed by atoms with Crippen LogP contribution in [0, 0.1) is 11.3 Å². The summed E-state index contributed by atoms with van der Waals surface area (Å²) in [4.78, 5) is 15.9. The fraction of sp³-hybridized carbons (Fsp3) is 0.625. The molecule has 0 aromatic carbocycles. The van der Waals surface area contributed by atoms with E-state index in [1.165, 1.54) is 6.07 Å². The molecule has 1 saturated heterocycles. The highest BCUT2D eigenvalue weighted by Gasteiger charge is 2.25. The molecule has 2 rings (SSSR count). The van der Waals surface area contributed by atoms with Crippen molar-refractivity contribution in [1.29, 1.82) is 5.26 Å². The first-order valence-electron chi connectivity index (χ1n) is 8.05. The number of carbonyl (C=O) groups excluding carboxylic acids is 1. The second kappa shape index (κ2) is 8.32. The molecule has 1 aliphatic heterocycles. The first kappa shape index (κ1) is 19.2. The van der Waals surface area contributed by atoms with E-state index in [0.29, 0.717) is 26.2 Å². The molecule has 0 bridgehead atoms. The number of hydrogen-bond acceptors (Lipinski definition) is 7. The van der Waals surface area contributed by atoms with E-state index in [-0.39, 0.29) is 22.7 Å². The van der Waals surface area contributed by atoms with Gasteiger partial charge in [0.05, 0.1) is 0 Å². The van der Waals surface area contributed by atoms with Gasteiger partial charge in [-0.05, 0) is 20.8 Å². The number of aromatic nitrogens is 2. The van der Waals surface area contributed by atoms with Gasteiger partial charge in [0.25, 0.3) is 5.88 Å². The van der Waals surface area contributed by atoms with Crippen molar-refractivity contribution in [3.05, 3.63) is 16.8 Å². The van der Waals surface area contributed by atoms with Crippen molar-refractivity contribution < 1.29 is 14.3 Å². The molecule has 0 aliphatic carbocycles. The molecule has 1 amide bonds. The summed E-state index contributed by atoms with van der Waals surface area (Å²) in [5.41, 5.74) is -0.227. The standard InChI is InChI=1S/C16H22ClN5O3/c1-16(2,3)25-15(23)22-6-4-21(5-7-22)8-9-24-14-12(11-18)10-13(17)19-20-14/h10H,4-9H2,1-3H3. The van der Waals surface area contributed by atoms with Gasteiger partial charge in [-0.2, -0.15) is 5.26 Å². The number of rotatable bonds is 4. The van der Waals surface area contributed by atoms with Gasteiger partial charge in [0, 0.05) is 38.8 Å². The molecule has 9 heteroatoms. The van der Waals surface area contributed by atoms with Crippen LogP contribution in [0.1, 0.15) is 26.3 Å². The van der Waals surface area contributed by atoms with Crippen molar-refractivity contribution in [2.75, 3.05) is 39.3 Å². The maximum absolute atomic E-state index is 12.0. The van der Waals surface area contributed by atoms with Crippen LogP contribution in [0.15, 0.2) is 6.07 Å². The van der Waals surface area contributed by atoms with Gasteiger partial charge < -0.3 is 14.4 Å². The predicted molar refractivity (Wildman–Crippen MR) is 91.5 cm³/mol. The van der Waals surface area contributed by atoms with Crippen LogP contribution in [0.25, 0.3) is 0 Å². The first-order chi connectivity index (χ1) is 11.8. The Bertz CT molecular complexity index is 648. The van der Waals surface area contributed by atoms with Crippen molar-refractivity contribution in [2.45, 2.75) is 26.4 Å². The predicted octanol–water partition coefficient (Wildman–Crippen LogP) is 1.93. The summed E-state index contributed by atoms with van der Waals surface area (Å²) in [6.07, 6.45) is -0.279. The van der Waals surface area contributed by atoms with Gasteiger partial charge in [-0.1, -0.05) is 11.6 Å². The van der Waals surface area contributed by atoms with Crippen LogP contribution in [0.3, 0.4) is 0 Å². The minimum Gasteiger partial charge on any atom is -0.474 e. The second-order valence-corrected chi connectivity index (χ2v) is 7.04. The highest BCUT2D eigenvalue weighted by molar-refractivity contribution is 6.29. The quantitative estimate of drug-likeness (QED) is 0.802. The van der Waals surface area contributed by atoms with Crippen LogP contribution in [0.5, 0.6) is 5.88 Å². The Morgan fingerprint density at radius 3 is 2.60 bits per heavy atom. The third-order valence-electron chi connectivity index (χ3n) is 3.52. The molecule has 1 fully saturated rings. The first-order valence-corrected chi connectivity index (χ1v) is 8.43. The van der Waals surface area contributed by atoms with E-state index >= 15 is 0 Å². The lowest BCUT2D eigenvalue weighted by Gasteiger charge is -2.35. The van der Waals surface area contributed by atoms with Gasteiger partial charge in [0.2, 0.25) is 0 Å². The minimum atomic E-state index is -0.486. The summed E-state index contributed by atoms with van der Waals surface area (Å²) in [6.45, 7) is 9.29. The largest absolute Gasteiger partial charge is 0.474 e. The van der Waals surface area contributed by atoms with Gasteiger partial charge in [-0.25, -0.2) is 4.79 Å². The maximum Gasteiger partial charge on any atom is 0.410 e. The molecule has 1 aromatic rings. The summed E-state index contributed by atoms with van der Waals surface area (Å²) in [5, 5.41) is 16.7. The van der Waals surface area contributed by atoms with Gasteiger partial charge >= 0.3 is 6.09 Å². The smallest absolute Gasteiger partial charge is 0.410 e. The number of nitrogens with zero attached hydrogens (tertiary/aromatic N) is 5. The summed E-state index contributed by atoms with van der Waals surface area (Å²) >= 11 is 5.70. The molecule has 8 nitrogen and oxygen atoms in total. The second-order valence-electron chi connectivity index (χ2n) is 6.66. The summed E-state index contributed by atoms with van der Waals surface area (Å²) in [6, 6.07) is 3.40. The van der Waals surface area contributed by atoms with Gasteiger partial charge in [-0.15, -0.1) is 10.2 Å². The number of nitriles is 1. The zero-order valence-corrected chi connectivity index (χ0v) is 15.4. The average molecular weight is 368 g/mol. The number of ether oxygens (including phenoxy) is 2. The Morgan fingerprint density at radius 2 is 2.00 bits per heavy atom. The molecule has 0 spiro atoms. The Balaban J connectivity index is 1.74. The van der Waals surface area contributed by atoms with Crippen molar-refractivity contribution in [1.82, 2.24) is 20.0 Å². The Hall–Kier alpha value is -2.11. The van der Waals surface area contributed by atoms with E-state index < -0.39 is 5.60 Å². The molecule has 2 heterocycles. The summed E-state index contributed by atoms with van der Waals surface area (Å²) in [7, 11) is 0. The zero-order chi connectivity index (χ0) is 18.4. The molecule has 0 radical (unpaired) electrons. The number of halogens is 1. The molecular weight excluding hydrogens is 346 g/mol. The highest BCUT2D eigenvalue weighted by Crippen LogP contribution is 2.16. The van der Waals surface area contributed by atoms with Crippen LogP contribution in [0.4, 0.5) is 4.79 Å². The van der Waals surface area contributed by atoms with Crippen molar-refractivity contribution in [3.8, 4) is 11.9 Å². The van der Waals surface area contributed by atoms with Crippen LogP contribution < -0.4 is 4.74 Å². The van der Waals surface area contributed by atoms with Gasteiger partial charge in [0.1, 0.15) is 23.8 Å². The molecule has 136 valence electrons. The average Bonchev–Trinajstić information content (AvgIpc) is 2.55. The lowest BCUT2D eigenvalue weighted by atomic mass is 10.2. The van der Waals surface area contributed by atoms with E-state index in [9.17, 15) is 4.79 Å². The Morgan fingerprint density at radius 1 is 1.32 bits per heavy atom. The minimum absolute atomic E-state index is 0.155. The highest BCUT2D eigenvalue weighted by atomic mass is 35.5. The molecular formula is C16H22ClN5O3. The van der Waals surface area contributed by atoms with E-state index in [1.807, 2.05) is 26.8 Å². The van der Waals surface area contributed by atoms with Crippen LogP contribution in [0.2, 0.25) is 5.15 Å². The lowest BCUT2D eigenvalue weighted by Crippen LogP contribution is -2.50. The van der Waals surface area contributed by atoms with Crippen molar-refractivity contribution >= 4 is 17.7 Å². The van der Waals surface area contributed by atoms with Crippen LogP contribution in [-0.4, -0.2) is 71.0 Å². The van der Waals surface area contributed by atoms with Gasteiger partial charge in [-0.3, -0.25) is 4.90 Å². The van der Waals surface area contributed by atoms with E-state index in [4.69, 9.17) is 26.3 Å². The molecule has 1 aromatic heterocycles. The van der Waals surface area contributed by atoms with Crippen LogP contribution in [-0.2, 0) is 4.74 Å². The lowest BCUT2D eigenvalue weighted by molar-refractivity contribution is 0.0136. The van der Waals surface area contributed by atoms with E-state index in [1.54, 1.807) is 4.90 Å². The number of carbonyl (C=O) groups is 1. The number of hydrogen-bond donors (Lipinski definition) is 0. The molecule has 0 atom stereocenters. The summed E-state index contributed by atoms with van der Waals surface area (Å²) < 4.78 is 10.9. The fourth-order valence-electron chi connectivity index (χ4n) is 2.30. The number of amides is 1. The van der Waals surface area contributed by atoms with E-state index in [2.05, 4.69) is 15.1 Å². The summed E-state index contributed by atoms with van der Waals surface area (Å²) in [5.74, 6) is 0.180. The topological polar surface area (TPSA) is 91.6 Å². The van der Waals surface area contributed by atoms with E-state index in [0.717, 1.165) is 13.1 Å². The van der Waals surface area contributed by atoms with Gasteiger partial charge in [0.15, 0.2) is 5.15 Å². The monoisotopic (exact) mass is 367 g/mol. The Kier molecular flexibility index (Phi) is 6.39. The molecule has 1 aliphatic rings. The zero-order valence-electron chi connectivity index (χ0n) is 14.7. The normalized spacial score (nSPS) is 15.6. The molecule has 25 heavy (non-hydrogen) atoms.